The fraction of sp³-hybridized carbons (Fsp3) is 0.136. The lowest BCUT2D eigenvalue weighted by atomic mass is 9.98. The summed E-state index contributed by atoms with van der Waals surface area (Å²) in [6.07, 6.45) is 1.73. The maximum atomic E-state index is 13.9. The third-order valence-electron chi connectivity index (χ3n) is 4.49. The molecule has 154 valence electrons. The van der Waals surface area contributed by atoms with Crippen LogP contribution < -0.4 is 16.4 Å². The van der Waals surface area contributed by atoms with E-state index in [1.807, 2.05) is 0 Å². The van der Waals surface area contributed by atoms with Crippen molar-refractivity contribution in [2.45, 2.75) is 6.42 Å². The second-order valence-corrected chi connectivity index (χ2v) is 6.64. The minimum atomic E-state index is -0.681. The molecule has 0 bridgehead atoms. The molecule has 0 spiro atoms. The Labute approximate surface area is 172 Å². The Morgan fingerprint density at radius 3 is 2.43 bits per heavy atom. The molecule has 0 saturated carbocycles. The molecule has 0 fully saturated rings. The highest BCUT2D eigenvalue weighted by atomic mass is 19.1. The van der Waals surface area contributed by atoms with Crippen LogP contribution in [0.2, 0.25) is 0 Å². The van der Waals surface area contributed by atoms with E-state index in [0.29, 0.717) is 0 Å². The van der Waals surface area contributed by atoms with Crippen LogP contribution in [0.5, 0.6) is 0 Å². The van der Waals surface area contributed by atoms with Gasteiger partial charge in [-0.3, -0.25) is 9.59 Å². The van der Waals surface area contributed by atoms with Crippen LogP contribution in [0.1, 0.15) is 15.9 Å². The summed E-state index contributed by atoms with van der Waals surface area (Å²) in [7, 11) is 0. The normalized spacial score (nSPS) is 11.5. The van der Waals surface area contributed by atoms with Crippen molar-refractivity contribution in [2.24, 2.45) is 11.7 Å². The highest BCUT2D eigenvalue weighted by molar-refractivity contribution is 5.99. The first-order valence-electron chi connectivity index (χ1n) is 9.22. The van der Waals surface area contributed by atoms with Gasteiger partial charge in [-0.15, -0.1) is 0 Å². The van der Waals surface area contributed by atoms with Crippen LogP contribution in [0, 0.1) is 17.6 Å². The van der Waals surface area contributed by atoms with Crippen molar-refractivity contribution < 1.29 is 18.4 Å². The first-order chi connectivity index (χ1) is 14.4. The number of nitrogens with zero attached hydrogens (tertiary/aromatic N) is 1. The highest BCUT2D eigenvalue weighted by Crippen LogP contribution is 2.21. The average Bonchev–Trinajstić information content (AvgIpc) is 2.74. The first-order valence-corrected chi connectivity index (χ1v) is 9.22. The fourth-order valence-corrected chi connectivity index (χ4v) is 2.87. The van der Waals surface area contributed by atoms with Gasteiger partial charge in [0.05, 0.1) is 17.2 Å². The van der Waals surface area contributed by atoms with Gasteiger partial charge in [0.25, 0.3) is 5.91 Å². The molecule has 3 aromatic rings. The summed E-state index contributed by atoms with van der Waals surface area (Å²) in [5.74, 6) is -2.45. The van der Waals surface area contributed by atoms with E-state index < -0.39 is 23.5 Å². The van der Waals surface area contributed by atoms with E-state index in [1.165, 1.54) is 36.5 Å². The molecule has 4 N–H and O–H groups in total. The number of nitrogens with two attached hydrogens (primary N) is 1. The van der Waals surface area contributed by atoms with Crippen molar-refractivity contribution in [1.29, 1.82) is 0 Å². The molecule has 0 radical (unpaired) electrons. The number of aromatic nitrogens is 1. The number of amides is 2. The summed E-state index contributed by atoms with van der Waals surface area (Å²) >= 11 is 0. The van der Waals surface area contributed by atoms with E-state index >= 15 is 0 Å². The molecule has 1 atom stereocenters. The SMILES string of the molecule is NC(=O)C(CNC(=O)c1cccnc1Nc1ccccc1F)Cc1ccc(F)cc1. The lowest BCUT2D eigenvalue weighted by Crippen LogP contribution is -2.37. The molecule has 1 unspecified atom stereocenters. The van der Waals surface area contributed by atoms with Gasteiger partial charge >= 0.3 is 0 Å². The number of hydrogen-bond acceptors (Lipinski definition) is 4. The lowest BCUT2D eigenvalue weighted by molar-refractivity contribution is -0.121. The number of para-hydroxylation sites is 1. The lowest BCUT2D eigenvalue weighted by Gasteiger charge is -2.16. The number of rotatable bonds is 8. The number of primary amides is 1. The van der Waals surface area contributed by atoms with E-state index in [9.17, 15) is 18.4 Å². The van der Waals surface area contributed by atoms with E-state index in [1.54, 1.807) is 30.3 Å². The molecule has 1 aromatic heterocycles. The van der Waals surface area contributed by atoms with Gasteiger partial charge in [-0.05, 0) is 48.4 Å². The van der Waals surface area contributed by atoms with Crippen LogP contribution in [0.25, 0.3) is 0 Å². The molecular formula is C22H20F2N4O2. The predicted octanol–water partition coefficient (Wildman–Crippen LogP) is 3.18. The van der Waals surface area contributed by atoms with Gasteiger partial charge in [0.2, 0.25) is 5.91 Å². The number of carbonyl (C=O) groups is 2. The minimum Gasteiger partial charge on any atom is -0.369 e. The summed E-state index contributed by atoms with van der Waals surface area (Å²) in [5, 5.41) is 5.47. The molecule has 0 aliphatic carbocycles. The zero-order chi connectivity index (χ0) is 21.5. The van der Waals surface area contributed by atoms with Crippen molar-refractivity contribution in [3.05, 3.63) is 89.6 Å². The number of nitrogens with one attached hydrogen (secondary N) is 2. The number of benzene rings is 2. The van der Waals surface area contributed by atoms with Crippen molar-refractivity contribution in [1.82, 2.24) is 10.3 Å². The van der Waals surface area contributed by atoms with Crippen LogP contribution >= 0.6 is 0 Å². The molecular weight excluding hydrogens is 390 g/mol. The number of hydrogen-bond donors (Lipinski definition) is 3. The molecule has 6 nitrogen and oxygen atoms in total. The molecule has 2 aromatic carbocycles. The largest absolute Gasteiger partial charge is 0.369 e. The monoisotopic (exact) mass is 410 g/mol. The standard InChI is InChI=1S/C22H20F2N4O2/c23-16-9-7-14(8-10-16)12-15(20(25)29)13-27-22(30)17-4-3-11-26-21(17)28-19-6-2-1-5-18(19)24/h1-11,15H,12-13H2,(H2,25,29)(H,26,28)(H,27,30). The molecule has 1 heterocycles. The number of carbonyl (C=O) groups excluding carboxylic acids is 2. The summed E-state index contributed by atoms with van der Waals surface area (Å²) in [5.41, 5.74) is 6.54. The maximum Gasteiger partial charge on any atom is 0.255 e. The van der Waals surface area contributed by atoms with Crippen LogP contribution in [0.4, 0.5) is 20.3 Å². The van der Waals surface area contributed by atoms with Gasteiger partial charge in [0.1, 0.15) is 17.5 Å². The van der Waals surface area contributed by atoms with Crippen LogP contribution in [0.3, 0.4) is 0 Å². The smallest absolute Gasteiger partial charge is 0.255 e. The predicted molar refractivity (Wildman–Crippen MR) is 109 cm³/mol. The quantitative estimate of drug-likeness (QED) is 0.531. The highest BCUT2D eigenvalue weighted by Gasteiger charge is 2.19. The van der Waals surface area contributed by atoms with E-state index in [-0.39, 0.29) is 35.9 Å². The third kappa shape index (κ3) is 5.38. The summed E-state index contributed by atoms with van der Waals surface area (Å²) in [4.78, 5) is 28.6. The molecule has 8 heteroatoms. The van der Waals surface area contributed by atoms with Gasteiger partial charge < -0.3 is 16.4 Å². The Balaban J connectivity index is 1.69. The van der Waals surface area contributed by atoms with E-state index in [2.05, 4.69) is 15.6 Å². The second kappa shape index (κ2) is 9.60. The topological polar surface area (TPSA) is 97.1 Å². The third-order valence-corrected chi connectivity index (χ3v) is 4.49. The molecule has 0 aliphatic heterocycles. The van der Waals surface area contributed by atoms with Crippen molar-refractivity contribution in [3.63, 3.8) is 0 Å². The Morgan fingerprint density at radius 1 is 1.00 bits per heavy atom. The van der Waals surface area contributed by atoms with Crippen molar-refractivity contribution >= 4 is 23.3 Å². The van der Waals surface area contributed by atoms with Crippen LogP contribution in [-0.4, -0.2) is 23.3 Å². The average molecular weight is 410 g/mol. The van der Waals surface area contributed by atoms with Crippen LogP contribution in [-0.2, 0) is 11.2 Å². The zero-order valence-electron chi connectivity index (χ0n) is 15.9. The number of pyridine rings is 1. The maximum absolute atomic E-state index is 13.9. The van der Waals surface area contributed by atoms with Gasteiger partial charge in [-0.25, -0.2) is 13.8 Å². The molecule has 30 heavy (non-hydrogen) atoms. The zero-order valence-corrected chi connectivity index (χ0v) is 15.9. The molecule has 0 saturated heterocycles. The molecule has 2 amide bonds. The first kappa shape index (κ1) is 20.9. The Kier molecular flexibility index (Phi) is 6.69. The van der Waals surface area contributed by atoms with E-state index in [0.717, 1.165) is 5.56 Å². The van der Waals surface area contributed by atoms with E-state index in [4.69, 9.17) is 5.73 Å². The Hall–Kier alpha value is -3.81. The van der Waals surface area contributed by atoms with Gasteiger partial charge in [0.15, 0.2) is 0 Å². The fourth-order valence-electron chi connectivity index (χ4n) is 2.87. The van der Waals surface area contributed by atoms with Gasteiger partial charge in [0, 0.05) is 12.7 Å². The molecule has 0 aliphatic rings. The summed E-state index contributed by atoms with van der Waals surface area (Å²) in [6, 6.07) is 14.8. The summed E-state index contributed by atoms with van der Waals surface area (Å²) in [6.45, 7) is -0.0143. The van der Waals surface area contributed by atoms with Gasteiger partial charge in [-0.2, -0.15) is 0 Å². The number of halogens is 2. The minimum absolute atomic E-state index is 0.0143. The Bertz CT molecular complexity index is 1040. The van der Waals surface area contributed by atoms with Gasteiger partial charge in [-0.1, -0.05) is 24.3 Å². The van der Waals surface area contributed by atoms with Crippen molar-refractivity contribution in [3.8, 4) is 0 Å². The summed E-state index contributed by atoms with van der Waals surface area (Å²) < 4.78 is 27.0. The Morgan fingerprint density at radius 2 is 1.73 bits per heavy atom. The number of anilines is 2. The van der Waals surface area contributed by atoms with Crippen LogP contribution in [0.15, 0.2) is 66.9 Å². The second-order valence-electron chi connectivity index (χ2n) is 6.64. The molecule has 3 rings (SSSR count). The van der Waals surface area contributed by atoms with Crippen molar-refractivity contribution in [2.75, 3.05) is 11.9 Å².